The largest absolute Gasteiger partial charge is 0.468 e. The number of hydrogen-bond donors (Lipinski definition) is 0. The van der Waals surface area contributed by atoms with Crippen molar-refractivity contribution >= 4 is 16.0 Å². The fourth-order valence-corrected chi connectivity index (χ4v) is 3.42. The minimum atomic E-state index is -3.94. The normalized spacial score (nSPS) is 12.6. The lowest BCUT2D eigenvalue weighted by Gasteiger charge is -2.21. The highest BCUT2D eigenvalue weighted by molar-refractivity contribution is 7.89. The molecule has 2 aromatic rings. The molecule has 25 heavy (non-hydrogen) atoms. The number of nitrogens with zero attached hydrogens (tertiary/aromatic N) is 2. The van der Waals surface area contributed by atoms with Gasteiger partial charge >= 0.3 is 5.97 Å². The molecule has 1 atom stereocenters. The third-order valence-electron chi connectivity index (χ3n) is 3.37. The zero-order valence-corrected chi connectivity index (χ0v) is 14.7. The van der Waals surface area contributed by atoms with E-state index < -0.39 is 28.6 Å². The summed E-state index contributed by atoms with van der Waals surface area (Å²) in [6.07, 6.45) is 0.460. The molecule has 0 aliphatic rings. The van der Waals surface area contributed by atoms with Crippen molar-refractivity contribution in [2.45, 2.75) is 31.4 Å². The summed E-state index contributed by atoms with van der Waals surface area (Å²) in [4.78, 5) is 12.0. The van der Waals surface area contributed by atoms with Crippen LogP contribution in [0.5, 0.6) is 0 Å². The minimum Gasteiger partial charge on any atom is -0.468 e. The average molecular weight is 362 g/mol. The van der Waals surface area contributed by atoms with E-state index in [4.69, 9.17) is 14.4 Å². The molecule has 0 unspecified atom stereocenters. The highest BCUT2D eigenvalue weighted by atomic mass is 32.2. The highest BCUT2D eigenvalue weighted by Crippen LogP contribution is 2.19. The second-order valence-corrected chi connectivity index (χ2v) is 7.36. The number of furan rings is 1. The number of aryl methyl sites for hydroxylation is 1. The first-order valence-corrected chi connectivity index (χ1v) is 8.95. The molecule has 1 aromatic heterocycles. The van der Waals surface area contributed by atoms with Gasteiger partial charge in [-0.25, -0.2) is 8.42 Å². The third-order valence-corrected chi connectivity index (χ3v) is 5.17. The highest BCUT2D eigenvalue weighted by Gasteiger charge is 2.28. The van der Waals surface area contributed by atoms with E-state index in [-0.39, 0.29) is 11.4 Å². The SMILES string of the molecule is Cc1ccc(S(=O)(=O)N(CC(=O)O[C@H](C)C#N)Cc2ccco2)cc1. The van der Waals surface area contributed by atoms with E-state index in [1.807, 2.05) is 6.92 Å². The van der Waals surface area contributed by atoms with Crippen LogP contribution in [0, 0.1) is 18.3 Å². The Kier molecular flexibility index (Phi) is 5.96. The van der Waals surface area contributed by atoms with Crippen molar-refractivity contribution in [1.82, 2.24) is 4.31 Å². The molecule has 1 aromatic carbocycles. The van der Waals surface area contributed by atoms with Crippen LogP contribution < -0.4 is 0 Å². The number of ether oxygens (including phenoxy) is 1. The van der Waals surface area contributed by atoms with Crippen molar-refractivity contribution < 1.29 is 22.4 Å². The van der Waals surface area contributed by atoms with Crippen LogP contribution >= 0.6 is 0 Å². The number of sulfonamides is 1. The zero-order valence-electron chi connectivity index (χ0n) is 13.9. The van der Waals surface area contributed by atoms with Gasteiger partial charge in [0, 0.05) is 0 Å². The van der Waals surface area contributed by atoms with Gasteiger partial charge in [0.2, 0.25) is 10.0 Å². The maximum Gasteiger partial charge on any atom is 0.322 e. The lowest BCUT2D eigenvalue weighted by molar-refractivity contribution is -0.146. The maximum absolute atomic E-state index is 12.9. The van der Waals surface area contributed by atoms with Crippen LogP contribution in [0.1, 0.15) is 18.2 Å². The summed E-state index contributed by atoms with van der Waals surface area (Å²) in [6, 6.07) is 11.3. The molecule has 0 bridgehead atoms. The number of carbonyl (C=O) groups excluding carboxylic acids is 1. The average Bonchev–Trinajstić information content (AvgIpc) is 3.07. The van der Waals surface area contributed by atoms with Crippen LogP contribution in [0.3, 0.4) is 0 Å². The molecule has 0 spiro atoms. The van der Waals surface area contributed by atoms with Crippen LogP contribution in [-0.2, 0) is 26.1 Å². The molecule has 0 N–H and O–H groups in total. The molecular formula is C17H18N2O5S. The Bertz CT molecular complexity index is 851. The summed E-state index contributed by atoms with van der Waals surface area (Å²) >= 11 is 0. The van der Waals surface area contributed by atoms with Gasteiger partial charge in [0.1, 0.15) is 18.4 Å². The van der Waals surface area contributed by atoms with Gasteiger partial charge < -0.3 is 9.15 Å². The predicted molar refractivity (Wildman–Crippen MR) is 88.6 cm³/mol. The first-order chi connectivity index (χ1) is 11.8. The molecule has 0 saturated carbocycles. The molecule has 2 rings (SSSR count). The molecule has 0 radical (unpaired) electrons. The van der Waals surface area contributed by atoms with Crippen molar-refractivity contribution in [2.24, 2.45) is 0 Å². The van der Waals surface area contributed by atoms with Crippen molar-refractivity contribution in [3.8, 4) is 6.07 Å². The minimum absolute atomic E-state index is 0.0609. The molecule has 7 nitrogen and oxygen atoms in total. The van der Waals surface area contributed by atoms with Crippen molar-refractivity contribution in [3.05, 3.63) is 54.0 Å². The van der Waals surface area contributed by atoms with Crippen molar-refractivity contribution in [3.63, 3.8) is 0 Å². The lowest BCUT2D eigenvalue weighted by atomic mass is 10.2. The fraction of sp³-hybridized carbons (Fsp3) is 0.294. The van der Waals surface area contributed by atoms with Gasteiger partial charge in [-0.3, -0.25) is 4.79 Å². The second-order valence-electron chi connectivity index (χ2n) is 5.43. The Labute approximate surface area is 146 Å². The summed E-state index contributed by atoms with van der Waals surface area (Å²) in [5.41, 5.74) is 0.916. The van der Waals surface area contributed by atoms with Crippen LogP contribution in [0.4, 0.5) is 0 Å². The van der Waals surface area contributed by atoms with Crippen LogP contribution in [-0.4, -0.2) is 31.3 Å². The number of benzene rings is 1. The Morgan fingerprint density at radius 3 is 2.56 bits per heavy atom. The number of nitriles is 1. The Balaban J connectivity index is 2.28. The number of hydrogen-bond acceptors (Lipinski definition) is 6. The van der Waals surface area contributed by atoms with Crippen molar-refractivity contribution in [1.29, 1.82) is 5.26 Å². The van der Waals surface area contributed by atoms with Crippen LogP contribution in [0.15, 0.2) is 52.0 Å². The standard InChI is InChI=1S/C17H18N2O5S/c1-13-5-7-16(8-6-13)25(21,22)19(11-15-4-3-9-23-15)12-17(20)24-14(2)10-18/h3-9,14H,11-12H2,1-2H3/t14-/m1/s1. The summed E-state index contributed by atoms with van der Waals surface area (Å²) in [5.74, 6) is -0.423. The molecule has 0 amide bonds. The van der Waals surface area contributed by atoms with E-state index >= 15 is 0 Å². The molecule has 0 aliphatic heterocycles. The lowest BCUT2D eigenvalue weighted by Crippen LogP contribution is -2.36. The Morgan fingerprint density at radius 1 is 1.32 bits per heavy atom. The van der Waals surface area contributed by atoms with Gasteiger partial charge in [-0.2, -0.15) is 9.57 Å². The fourth-order valence-electron chi connectivity index (χ4n) is 2.07. The first-order valence-electron chi connectivity index (χ1n) is 7.51. The van der Waals surface area contributed by atoms with Gasteiger partial charge in [-0.1, -0.05) is 17.7 Å². The summed E-state index contributed by atoms with van der Waals surface area (Å²) in [7, 11) is -3.94. The van der Waals surface area contributed by atoms with E-state index in [1.165, 1.54) is 25.3 Å². The molecule has 1 heterocycles. The summed E-state index contributed by atoms with van der Waals surface area (Å²) in [6.45, 7) is 2.60. The second kappa shape index (κ2) is 7.96. The van der Waals surface area contributed by atoms with E-state index in [0.717, 1.165) is 9.87 Å². The number of carbonyl (C=O) groups is 1. The molecular weight excluding hydrogens is 344 g/mol. The van der Waals surface area contributed by atoms with Gasteiger partial charge in [0.05, 0.1) is 17.7 Å². The van der Waals surface area contributed by atoms with E-state index in [0.29, 0.717) is 5.76 Å². The summed E-state index contributed by atoms with van der Waals surface area (Å²) < 4.78 is 36.8. The van der Waals surface area contributed by atoms with E-state index in [1.54, 1.807) is 30.3 Å². The van der Waals surface area contributed by atoms with Gasteiger partial charge in [-0.05, 0) is 38.1 Å². The summed E-state index contributed by atoms with van der Waals surface area (Å²) in [5, 5.41) is 8.71. The van der Waals surface area contributed by atoms with Crippen molar-refractivity contribution in [2.75, 3.05) is 6.54 Å². The first kappa shape index (κ1) is 18.7. The molecule has 0 fully saturated rings. The van der Waals surface area contributed by atoms with E-state index in [2.05, 4.69) is 0 Å². The molecule has 8 heteroatoms. The molecule has 0 saturated heterocycles. The zero-order chi connectivity index (χ0) is 18.4. The van der Waals surface area contributed by atoms with Crippen LogP contribution in [0.2, 0.25) is 0 Å². The quantitative estimate of drug-likeness (QED) is 0.700. The predicted octanol–water partition coefficient (Wildman–Crippen LogP) is 2.23. The third kappa shape index (κ3) is 4.92. The molecule has 0 aliphatic carbocycles. The van der Waals surface area contributed by atoms with Gasteiger partial charge in [-0.15, -0.1) is 0 Å². The maximum atomic E-state index is 12.9. The smallest absolute Gasteiger partial charge is 0.322 e. The van der Waals surface area contributed by atoms with Gasteiger partial charge in [0.15, 0.2) is 6.10 Å². The molecule has 132 valence electrons. The number of esters is 1. The van der Waals surface area contributed by atoms with Crippen LogP contribution in [0.25, 0.3) is 0 Å². The van der Waals surface area contributed by atoms with Gasteiger partial charge in [0.25, 0.3) is 0 Å². The Morgan fingerprint density at radius 2 is 2.00 bits per heavy atom. The Hall–Kier alpha value is -2.63. The van der Waals surface area contributed by atoms with E-state index in [9.17, 15) is 13.2 Å². The number of rotatable bonds is 7. The monoisotopic (exact) mass is 362 g/mol. The topological polar surface area (TPSA) is 101 Å².